The summed E-state index contributed by atoms with van der Waals surface area (Å²) in [5.41, 5.74) is 5.77. The lowest BCUT2D eigenvalue weighted by atomic mass is 10.0. The highest BCUT2D eigenvalue weighted by Crippen LogP contribution is 2.36. The van der Waals surface area contributed by atoms with Crippen LogP contribution in [0, 0.1) is 4.77 Å². The zero-order valence-electron chi connectivity index (χ0n) is 17.5. The van der Waals surface area contributed by atoms with Crippen LogP contribution in [0.5, 0.6) is 5.88 Å². The second-order valence-electron chi connectivity index (χ2n) is 7.66. The Labute approximate surface area is 185 Å². The fourth-order valence-electron chi connectivity index (χ4n) is 4.42. The minimum Gasteiger partial charge on any atom is -0.493 e. The summed E-state index contributed by atoms with van der Waals surface area (Å²) in [7, 11) is 1.87. The third-order valence-electron chi connectivity index (χ3n) is 5.96. The Morgan fingerprint density at radius 2 is 1.61 bits per heavy atom. The van der Waals surface area contributed by atoms with Crippen LogP contribution in [0.25, 0.3) is 33.1 Å². The van der Waals surface area contributed by atoms with Gasteiger partial charge in [-0.15, -0.1) is 0 Å². The first-order valence-electron chi connectivity index (χ1n) is 10.3. The van der Waals surface area contributed by atoms with Crippen molar-refractivity contribution in [3.63, 3.8) is 0 Å². The van der Waals surface area contributed by atoms with E-state index >= 15 is 0 Å². The molecule has 2 aromatic heterocycles. The molecular formula is C26H23N3OS. The molecular weight excluding hydrogens is 402 g/mol. The Morgan fingerprint density at radius 1 is 0.935 bits per heavy atom. The van der Waals surface area contributed by atoms with Gasteiger partial charge in [0.15, 0.2) is 4.77 Å². The topological polar surface area (TPSA) is 35.0 Å². The van der Waals surface area contributed by atoms with Crippen molar-refractivity contribution in [1.29, 1.82) is 0 Å². The molecule has 0 aliphatic heterocycles. The Balaban J connectivity index is 1.75. The minimum absolute atomic E-state index is 0.159. The monoisotopic (exact) mass is 425 g/mol. The number of hydrogen-bond donors (Lipinski definition) is 1. The number of para-hydroxylation sites is 2. The number of fused-ring (bicyclic) bond motifs is 3. The van der Waals surface area contributed by atoms with Gasteiger partial charge in [0, 0.05) is 35.6 Å². The number of rotatable bonds is 4. The Bertz CT molecular complexity index is 1520. The van der Waals surface area contributed by atoms with Gasteiger partial charge in [-0.1, -0.05) is 49.0 Å². The van der Waals surface area contributed by atoms with E-state index in [1.165, 1.54) is 5.39 Å². The highest BCUT2D eigenvalue weighted by molar-refractivity contribution is 7.71. The average Bonchev–Trinajstić information content (AvgIpc) is 3.24. The van der Waals surface area contributed by atoms with Crippen LogP contribution >= 0.6 is 12.2 Å². The van der Waals surface area contributed by atoms with Crippen molar-refractivity contribution in [2.75, 3.05) is 0 Å². The molecule has 1 N–H and O–H groups in total. The van der Waals surface area contributed by atoms with Crippen molar-refractivity contribution in [3.8, 4) is 11.6 Å². The summed E-state index contributed by atoms with van der Waals surface area (Å²) in [4.78, 5) is 0. The van der Waals surface area contributed by atoms with Crippen LogP contribution in [-0.2, 0) is 13.6 Å². The standard InChI is InChI=1S/C26H23N3OS/c1-4-28-25(30)24(27(3)26(28)31)17(2)18-14-15-23-21(16-18)20-12-8-9-13-22(20)29(23)19-10-6-5-7-11-19/h5-16,30H,2,4H2,1,3H3. The molecule has 0 radical (unpaired) electrons. The molecule has 0 aliphatic rings. The molecule has 0 spiro atoms. The maximum absolute atomic E-state index is 10.8. The Hall–Kier alpha value is -3.57. The number of aromatic hydroxyl groups is 1. The van der Waals surface area contributed by atoms with Crippen molar-refractivity contribution in [3.05, 3.63) is 95.4 Å². The summed E-state index contributed by atoms with van der Waals surface area (Å²) in [6.07, 6.45) is 0. The Kier molecular flexibility index (Phi) is 4.56. The van der Waals surface area contributed by atoms with Gasteiger partial charge in [0.25, 0.3) is 0 Å². The molecule has 3 aromatic carbocycles. The van der Waals surface area contributed by atoms with Crippen molar-refractivity contribution >= 4 is 39.6 Å². The second-order valence-corrected chi connectivity index (χ2v) is 8.02. The minimum atomic E-state index is 0.159. The van der Waals surface area contributed by atoms with Gasteiger partial charge in [-0.05, 0) is 55.0 Å². The Morgan fingerprint density at radius 3 is 2.32 bits per heavy atom. The normalized spacial score (nSPS) is 11.4. The summed E-state index contributed by atoms with van der Waals surface area (Å²) in [5, 5.41) is 13.1. The molecule has 5 heteroatoms. The van der Waals surface area contributed by atoms with Crippen molar-refractivity contribution in [2.24, 2.45) is 7.05 Å². The van der Waals surface area contributed by atoms with Crippen LogP contribution in [0.3, 0.4) is 0 Å². The molecule has 5 aromatic rings. The van der Waals surface area contributed by atoms with E-state index in [9.17, 15) is 5.11 Å². The predicted octanol–water partition coefficient (Wildman–Crippen LogP) is 6.44. The molecule has 0 bridgehead atoms. The molecule has 2 heterocycles. The van der Waals surface area contributed by atoms with Gasteiger partial charge in [-0.3, -0.25) is 4.57 Å². The second kappa shape index (κ2) is 7.29. The first-order valence-corrected chi connectivity index (χ1v) is 10.7. The zero-order chi connectivity index (χ0) is 21.7. The van der Waals surface area contributed by atoms with Gasteiger partial charge in [-0.25, -0.2) is 0 Å². The quantitative estimate of drug-likeness (QED) is 0.336. The summed E-state index contributed by atoms with van der Waals surface area (Å²) < 4.78 is 6.41. The third kappa shape index (κ3) is 2.85. The van der Waals surface area contributed by atoms with Crippen LogP contribution in [0.15, 0.2) is 79.4 Å². The van der Waals surface area contributed by atoms with E-state index in [0.29, 0.717) is 17.0 Å². The van der Waals surface area contributed by atoms with E-state index < -0.39 is 0 Å². The smallest absolute Gasteiger partial charge is 0.218 e. The lowest BCUT2D eigenvalue weighted by molar-refractivity contribution is 0.419. The van der Waals surface area contributed by atoms with Gasteiger partial charge < -0.3 is 14.2 Å². The number of aromatic nitrogens is 3. The number of benzene rings is 3. The maximum atomic E-state index is 10.8. The van der Waals surface area contributed by atoms with E-state index in [0.717, 1.165) is 33.2 Å². The summed E-state index contributed by atoms with van der Waals surface area (Å²) in [6, 6.07) is 25.2. The van der Waals surface area contributed by atoms with E-state index in [1.54, 1.807) is 4.57 Å². The maximum Gasteiger partial charge on any atom is 0.218 e. The SMILES string of the molecule is C=C(c1ccc2c(c1)c1ccccc1n2-c1ccccc1)c1c(O)n(CC)c(=S)n1C. The van der Waals surface area contributed by atoms with Gasteiger partial charge in [0.05, 0.1) is 11.0 Å². The van der Waals surface area contributed by atoms with Crippen molar-refractivity contribution in [2.45, 2.75) is 13.5 Å². The first-order chi connectivity index (χ1) is 15.0. The lowest BCUT2D eigenvalue weighted by Crippen LogP contribution is -1.97. The van der Waals surface area contributed by atoms with E-state index in [-0.39, 0.29) is 5.88 Å². The summed E-state index contributed by atoms with van der Waals surface area (Å²) in [6.45, 7) is 6.88. The van der Waals surface area contributed by atoms with E-state index in [1.807, 2.05) is 24.6 Å². The zero-order valence-corrected chi connectivity index (χ0v) is 18.4. The van der Waals surface area contributed by atoms with Gasteiger partial charge in [0.1, 0.15) is 5.69 Å². The van der Waals surface area contributed by atoms with Gasteiger partial charge >= 0.3 is 0 Å². The highest BCUT2D eigenvalue weighted by Gasteiger charge is 2.19. The average molecular weight is 426 g/mol. The molecule has 0 fully saturated rings. The molecule has 154 valence electrons. The molecule has 0 saturated carbocycles. The van der Waals surface area contributed by atoms with Crippen molar-refractivity contribution < 1.29 is 5.11 Å². The molecule has 0 unspecified atom stereocenters. The van der Waals surface area contributed by atoms with Crippen LogP contribution in [0.4, 0.5) is 0 Å². The fraction of sp³-hybridized carbons (Fsp3) is 0.115. The summed E-state index contributed by atoms with van der Waals surface area (Å²) in [5.74, 6) is 0.159. The molecule has 5 rings (SSSR count). The predicted molar refractivity (Wildman–Crippen MR) is 130 cm³/mol. The molecule has 0 amide bonds. The number of nitrogens with zero attached hydrogens (tertiary/aromatic N) is 3. The first kappa shape index (κ1) is 19.4. The fourth-order valence-corrected chi connectivity index (χ4v) is 4.73. The van der Waals surface area contributed by atoms with E-state index in [4.69, 9.17) is 12.2 Å². The third-order valence-corrected chi connectivity index (χ3v) is 6.45. The highest BCUT2D eigenvalue weighted by atomic mass is 32.1. The van der Waals surface area contributed by atoms with Crippen molar-refractivity contribution in [1.82, 2.24) is 13.7 Å². The summed E-state index contributed by atoms with van der Waals surface area (Å²) >= 11 is 5.49. The van der Waals surface area contributed by atoms with Crippen LogP contribution in [0.1, 0.15) is 18.2 Å². The molecule has 0 saturated heterocycles. The molecule has 0 aliphatic carbocycles. The number of imidazole rings is 1. The largest absolute Gasteiger partial charge is 0.493 e. The van der Waals surface area contributed by atoms with Crippen LogP contribution < -0.4 is 0 Å². The molecule has 4 nitrogen and oxygen atoms in total. The van der Waals surface area contributed by atoms with Crippen LogP contribution in [0.2, 0.25) is 0 Å². The molecule has 31 heavy (non-hydrogen) atoms. The van der Waals surface area contributed by atoms with Crippen LogP contribution in [-0.4, -0.2) is 18.8 Å². The molecule has 0 atom stereocenters. The van der Waals surface area contributed by atoms with Gasteiger partial charge in [-0.2, -0.15) is 0 Å². The lowest BCUT2D eigenvalue weighted by Gasteiger charge is -2.10. The van der Waals surface area contributed by atoms with E-state index in [2.05, 4.69) is 77.9 Å². The van der Waals surface area contributed by atoms with Gasteiger partial charge in [0.2, 0.25) is 5.88 Å². The number of hydrogen-bond acceptors (Lipinski definition) is 2.